The first-order chi connectivity index (χ1) is 9.64. The van der Waals surface area contributed by atoms with E-state index < -0.39 is 41.5 Å². The number of hydrogen-bond donors (Lipinski definition) is 1. The Bertz CT molecular complexity index is 610. The van der Waals surface area contributed by atoms with Crippen LogP contribution >= 0.6 is 0 Å². The minimum Gasteiger partial charge on any atom is -0.480 e. The third kappa shape index (κ3) is 4.64. The molecule has 0 aliphatic carbocycles. The summed E-state index contributed by atoms with van der Waals surface area (Å²) in [6, 6.07) is 4.41. The molecule has 0 saturated carbocycles. The molecule has 112 valence electrons. The lowest BCUT2D eigenvalue weighted by Crippen LogP contribution is -2.38. The second-order valence-corrected chi connectivity index (χ2v) is 3.94. The number of nitro benzene ring substituents is 1. The molecule has 0 atom stereocenters. The Kier molecular flexibility index (Phi) is 4.70. The van der Waals surface area contributed by atoms with E-state index in [4.69, 9.17) is 10.4 Å². The van der Waals surface area contributed by atoms with Gasteiger partial charge in [-0.2, -0.15) is 18.4 Å². The lowest BCUT2D eigenvalue weighted by atomic mass is 10.1. The van der Waals surface area contributed by atoms with E-state index in [2.05, 4.69) is 0 Å². The molecule has 10 heteroatoms. The molecule has 0 aliphatic heterocycles. The number of benzene rings is 1. The average molecular weight is 303 g/mol. The van der Waals surface area contributed by atoms with Gasteiger partial charge in [-0.05, 0) is 12.1 Å². The molecule has 0 aromatic heterocycles. The van der Waals surface area contributed by atoms with Crippen LogP contribution in [0.1, 0.15) is 5.56 Å². The fourth-order valence-corrected chi connectivity index (χ4v) is 1.61. The lowest BCUT2D eigenvalue weighted by molar-refractivity contribution is -0.384. The predicted molar refractivity (Wildman–Crippen MR) is 63.7 cm³/mol. The minimum absolute atomic E-state index is 0.118. The number of aliphatic carboxylic acids is 1. The van der Waals surface area contributed by atoms with Crippen molar-refractivity contribution in [2.75, 3.05) is 18.0 Å². The van der Waals surface area contributed by atoms with Crippen molar-refractivity contribution in [2.45, 2.75) is 6.18 Å². The van der Waals surface area contributed by atoms with Crippen LogP contribution in [0.4, 0.5) is 24.5 Å². The molecule has 0 aliphatic rings. The van der Waals surface area contributed by atoms with Crippen LogP contribution in [-0.2, 0) is 4.79 Å². The van der Waals surface area contributed by atoms with E-state index in [1.807, 2.05) is 0 Å². The van der Waals surface area contributed by atoms with Gasteiger partial charge in [-0.25, -0.2) is 0 Å². The first kappa shape index (κ1) is 16.2. The molecule has 0 radical (unpaired) electrons. The summed E-state index contributed by atoms with van der Waals surface area (Å²) in [6.45, 7) is -2.72. The smallest absolute Gasteiger partial charge is 0.405 e. The fraction of sp³-hybridized carbons (Fsp3) is 0.273. The number of nitrogens with zero attached hydrogens (tertiary/aromatic N) is 3. The van der Waals surface area contributed by atoms with Gasteiger partial charge in [0.15, 0.2) is 0 Å². The summed E-state index contributed by atoms with van der Waals surface area (Å²) in [4.78, 5) is 20.9. The highest BCUT2D eigenvalue weighted by atomic mass is 19.4. The van der Waals surface area contributed by atoms with Gasteiger partial charge in [0.05, 0.1) is 16.6 Å². The van der Waals surface area contributed by atoms with Gasteiger partial charge >= 0.3 is 12.1 Å². The highest BCUT2D eigenvalue weighted by molar-refractivity contribution is 5.76. The maximum Gasteiger partial charge on any atom is 0.405 e. The Hall–Kier alpha value is -2.83. The van der Waals surface area contributed by atoms with Crippen molar-refractivity contribution in [1.29, 1.82) is 5.26 Å². The molecule has 0 saturated heterocycles. The topological polar surface area (TPSA) is 107 Å². The molecule has 0 heterocycles. The lowest BCUT2D eigenvalue weighted by Gasteiger charge is -2.23. The van der Waals surface area contributed by atoms with Crippen LogP contribution < -0.4 is 4.90 Å². The molecular formula is C11H8F3N3O4. The molecule has 1 N–H and O–H groups in total. The summed E-state index contributed by atoms with van der Waals surface area (Å²) in [5.41, 5.74) is -1.40. The van der Waals surface area contributed by atoms with E-state index >= 15 is 0 Å². The summed E-state index contributed by atoms with van der Waals surface area (Å²) < 4.78 is 37.4. The van der Waals surface area contributed by atoms with Crippen LogP contribution in [0.5, 0.6) is 0 Å². The molecule has 1 aromatic carbocycles. The molecule has 7 nitrogen and oxygen atoms in total. The Balaban J connectivity index is 3.32. The summed E-state index contributed by atoms with van der Waals surface area (Å²) in [7, 11) is 0. The SMILES string of the molecule is N#Cc1ccc(N(CC(=O)O)CC(F)(F)F)c([N+](=O)[O-])c1. The summed E-state index contributed by atoms with van der Waals surface area (Å²) >= 11 is 0. The van der Waals surface area contributed by atoms with Crippen molar-refractivity contribution in [3.63, 3.8) is 0 Å². The van der Waals surface area contributed by atoms with Gasteiger partial charge in [-0.3, -0.25) is 14.9 Å². The largest absolute Gasteiger partial charge is 0.480 e. The van der Waals surface area contributed by atoms with Crippen molar-refractivity contribution in [3.8, 4) is 6.07 Å². The number of nitro groups is 1. The summed E-state index contributed by atoms with van der Waals surface area (Å²) in [5.74, 6) is -1.57. The van der Waals surface area contributed by atoms with Crippen LogP contribution in [0.2, 0.25) is 0 Å². The normalized spacial score (nSPS) is 10.8. The fourth-order valence-electron chi connectivity index (χ4n) is 1.61. The molecule has 0 unspecified atom stereocenters. The molecule has 1 aromatic rings. The summed E-state index contributed by atoms with van der Waals surface area (Å²) in [5, 5.41) is 28.2. The highest BCUT2D eigenvalue weighted by Crippen LogP contribution is 2.31. The average Bonchev–Trinajstić information content (AvgIpc) is 2.34. The van der Waals surface area contributed by atoms with Crippen molar-refractivity contribution in [2.24, 2.45) is 0 Å². The Morgan fingerprint density at radius 3 is 2.52 bits per heavy atom. The molecule has 0 bridgehead atoms. The van der Waals surface area contributed by atoms with Crippen molar-refractivity contribution in [3.05, 3.63) is 33.9 Å². The zero-order valence-corrected chi connectivity index (χ0v) is 10.3. The van der Waals surface area contributed by atoms with Gasteiger partial charge in [0, 0.05) is 6.07 Å². The monoisotopic (exact) mass is 303 g/mol. The van der Waals surface area contributed by atoms with E-state index in [0.29, 0.717) is 4.90 Å². The van der Waals surface area contributed by atoms with Crippen LogP contribution in [0.15, 0.2) is 18.2 Å². The van der Waals surface area contributed by atoms with Gasteiger partial charge in [0.25, 0.3) is 5.69 Å². The predicted octanol–water partition coefficient (Wildman–Crippen LogP) is 1.92. The number of rotatable bonds is 5. The van der Waals surface area contributed by atoms with Gasteiger partial charge in [-0.1, -0.05) is 0 Å². The highest BCUT2D eigenvalue weighted by Gasteiger charge is 2.34. The maximum absolute atomic E-state index is 12.5. The quantitative estimate of drug-likeness (QED) is 0.657. The number of carboxylic acids is 1. The zero-order valence-electron chi connectivity index (χ0n) is 10.3. The molecule has 1 rings (SSSR count). The van der Waals surface area contributed by atoms with Gasteiger partial charge < -0.3 is 10.0 Å². The van der Waals surface area contributed by atoms with E-state index in [1.54, 1.807) is 6.07 Å². The molecule has 0 fully saturated rings. The standard InChI is InChI=1S/C11H8F3N3O4/c12-11(13,14)6-16(5-10(18)19)8-2-1-7(4-15)3-9(8)17(20)21/h1-3H,5-6H2,(H,18,19). The number of hydrogen-bond acceptors (Lipinski definition) is 5. The number of nitriles is 1. The summed E-state index contributed by atoms with van der Waals surface area (Å²) in [6.07, 6.45) is -4.74. The second kappa shape index (κ2) is 6.08. The van der Waals surface area contributed by atoms with Gasteiger partial charge in [0.2, 0.25) is 0 Å². The van der Waals surface area contributed by atoms with Crippen LogP contribution in [0.3, 0.4) is 0 Å². The minimum atomic E-state index is -4.74. The maximum atomic E-state index is 12.5. The van der Waals surface area contributed by atoms with E-state index in [9.17, 15) is 28.1 Å². The molecule has 0 amide bonds. The Labute approximate surface area is 116 Å². The first-order valence-corrected chi connectivity index (χ1v) is 5.36. The molecular weight excluding hydrogens is 295 g/mol. The third-order valence-electron chi connectivity index (χ3n) is 2.34. The van der Waals surface area contributed by atoms with Crippen LogP contribution in [0, 0.1) is 21.4 Å². The molecule has 0 spiro atoms. The van der Waals surface area contributed by atoms with E-state index in [0.717, 1.165) is 18.2 Å². The number of halogens is 3. The van der Waals surface area contributed by atoms with Crippen molar-refractivity contribution < 1.29 is 28.0 Å². The third-order valence-corrected chi connectivity index (χ3v) is 2.34. The molecule has 21 heavy (non-hydrogen) atoms. The van der Waals surface area contributed by atoms with Crippen molar-refractivity contribution in [1.82, 2.24) is 0 Å². The first-order valence-electron chi connectivity index (χ1n) is 5.36. The zero-order chi connectivity index (χ0) is 16.2. The second-order valence-electron chi connectivity index (χ2n) is 3.94. The van der Waals surface area contributed by atoms with Crippen LogP contribution in [0.25, 0.3) is 0 Å². The Morgan fingerprint density at radius 1 is 1.48 bits per heavy atom. The van der Waals surface area contributed by atoms with Crippen molar-refractivity contribution >= 4 is 17.3 Å². The van der Waals surface area contributed by atoms with Crippen LogP contribution in [-0.4, -0.2) is 35.3 Å². The Morgan fingerprint density at radius 2 is 2.10 bits per heavy atom. The van der Waals surface area contributed by atoms with E-state index in [-0.39, 0.29) is 5.56 Å². The van der Waals surface area contributed by atoms with Gasteiger partial charge in [-0.15, -0.1) is 0 Å². The number of carboxylic acid groups (broad SMARTS) is 1. The number of anilines is 1. The number of carbonyl (C=O) groups is 1. The number of alkyl halides is 3. The van der Waals surface area contributed by atoms with E-state index in [1.165, 1.54) is 0 Å². The van der Waals surface area contributed by atoms with Gasteiger partial charge in [0.1, 0.15) is 18.8 Å².